The maximum absolute atomic E-state index is 12.4. The summed E-state index contributed by atoms with van der Waals surface area (Å²) in [5.41, 5.74) is 2.40. The van der Waals surface area contributed by atoms with Gasteiger partial charge in [-0.15, -0.1) is 0 Å². The standard InChI is InChI=1S/C23H23N3O4/c1-15(25-23(29)30-16(2)19-6-5-13-24-14-19)17-9-11-18(12-10-17)22(28)26-20-7-3-4-8-21(20)27/h3-16,27H,1-2H3,(H,25,29)(H,26,28)/t15-,16-/m0/s1. The molecule has 0 saturated heterocycles. The van der Waals surface area contributed by atoms with Crippen LogP contribution in [0.4, 0.5) is 10.5 Å². The van der Waals surface area contributed by atoms with Gasteiger partial charge < -0.3 is 20.5 Å². The van der Waals surface area contributed by atoms with Crippen LogP contribution < -0.4 is 10.6 Å². The fourth-order valence-corrected chi connectivity index (χ4v) is 2.84. The highest BCUT2D eigenvalue weighted by molar-refractivity contribution is 6.05. The Balaban J connectivity index is 1.56. The Bertz CT molecular complexity index is 1010. The average molecular weight is 405 g/mol. The van der Waals surface area contributed by atoms with Gasteiger partial charge in [0, 0.05) is 23.5 Å². The second-order valence-electron chi connectivity index (χ2n) is 6.79. The highest BCUT2D eigenvalue weighted by atomic mass is 16.6. The number of anilines is 1. The van der Waals surface area contributed by atoms with Gasteiger partial charge >= 0.3 is 6.09 Å². The largest absolute Gasteiger partial charge is 0.506 e. The summed E-state index contributed by atoms with van der Waals surface area (Å²) in [6.07, 6.45) is 2.34. The van der Waals surface area contributed by atoms with E-state index in [2.05, 4.69) is 15.6 Å². The lowest BCUT2D eigenvalue weighted by molar-refractivity contribution is 0.102. The van der Waals surface area contributed by atoms with Crippen molar-refractivity contribution < 1.29 is 19.4 Å². The molecule has 1 heterocycles. The molecule has 3 rings (SSSR count). The van der Waals surface area contributed by atoms with Crippen molar-refractivity contribution >= 4 is 17.7 Å². The number of hydrogen-bond acceptors (Lipinski definition) is 5. The smallest absolute Gasteiger partial charge is 0.408 e. The topological polar surface area (TPSA) is 101 Å². The molecule has 30 heavy (non-hydrogen) atoms. The minimum atomic E-state index is -0.541. The number of aromatic hydroxyl groups is 1. The zero-order valence-corrected chi connectivity index (χ0v) is 16.7. The SMILES string of the molecule is C[C@H](NC(=O)O[C@@H](C)c1cccnc1)c1ccc(C(=O)Nc2ccccc2O)cc1. The van der Waals surface area contributed by atoms with Crippen LogP contribution >= 0.6 is 0 Å². The predicted octanol–water partition coefficient (Wildman–Crippen LogP) is 4.59. The monoisotopic (exact) mass is 405 g/mol. The molecule has 1 aromatic heterocycles. The molecule has 2 amide bonds. The van der Waals surface area contributed by atoms with Gasteiger partial charge in [0.1, 0.15) is 11.9 Å². The van der Waals surface area contributed by atoms with Gasteiger partial charge in [0.25, 0.3) is 5.91 Å². The summed E-state index contributed by atoms with van der Waals surface area (Å²) in [5.74, 6) is -0.340. The van der Waals surface area contributed by atoms with Crippen LogP contribution in [0.2, 0.25) is 0 Å². The van der Waals surface area contributed by atoms with Crippen molar-refractivity contribution in [1.82, 2.24) is 10.3 Å². The van der Waals surface area contributed by atoms with Crippen LogP contribution in [0, 0.1) is 0 Å². The van der Waals surface area contributed by atoms with Crippen molar-refractivity contribution in [2.24, 2.45) is 0 Å². The van der Waals surface area contributed by atoms with Gasteiger partial charge in [-0.3, -0.25) is 9.78 Å². The van der Waals surface area contributed by atoms with Crippen LogP contribution in [-0.2, 0) is 4.74 Å². The summed E-state index contributed by atoms with van der Waals surface area (Å²) in [7, 11) is 0. The molecule has 0 saturated carbocycles. The number of pyridine rings is 1. The molecule has 0 aliphatic carbocycles. The van der Waals surface area contributed by atoms with Gasteiger partial charge in [-0.05, 0) is 49.7 Å². The first-order valence-electron chi connectivity index (χ1n) is 9.50. The number of alkyl carbamates (subject to hydrolysis) is 1. The Kier molecular flexibility index (Phi) is 6.64. The summed E-state index contributed by atoms with van der Waals surface area (Å²) < 4.78 is 5.39. The first-order valence-corrected chi connectivity index (χ1v) is 9.50. The number of para-hydroxylation sites is 2. The zero-order chi connectivity index (χ0) is 21.5. The number of rotatable bonds is 6. The molecule has 3 N–H and O–H groups in total. The number of ether oxygens (including phenoxy) is 1. The number of nitrogens with zero attached hydrogens (tertiary/aromatic N) is 1. The molecule has 154 valence electrons. The number of carbonyl (C=O) groups is 2. The third kappa shape index (κ3) is 5.35. The number of phenols is 1. The van der Waals surface area contributed by atoms with Gasteiger partial charge in [0.15, 0.2) is 0 Å². The Hall–Kier alpha value is -3.87. The molecule has 0 unspecified atom stereocenters. The molecule has 0 aliphatic heterocycles. The molecule has 7 nitrogen and oxygen atoms in total. The second kappa shape index (κ2) is 9.56. The second-order valence-corrected chi connectivity index (χ2v) is 6.79. The summed E-state index contributed by atoms with van der Waals surface area (Å²) >= 11 is 0. The van der Waals surface area contributed by atoms with Gasteiger partial charge in [0.2, 0.25) is 0 Å². The number of amides is 2. The van der Waals surface area contributed by atoms with E-state index in [1.54, 1.807) is 67.8 Å². The maximum atomic E-state index is 12.4. The Morgan fingerprint density at radius 3 is 2.37 bits per heavy atom. The minimum absolute atomic E-state index is 0.000632. The van der Waals surface area contributed by atoms with E-state index < -0.39 is 12.2 Å². The van der Waals surface area contributed by atoms with Gasteiger partial charge in [-0.2, -0.15) is 0 Å². The molecule has 0 fully saturated rings. The average Bonchev–Trinajstić information content (AvgIpc) is 2.76. The van der Waals surface area contributed by atoms with Crippen LogP contribution in [0.15, 0.2) is 73.1 Å². The van der Waals surface area contributed by atoms with Crippen molar-refractivity contribution in [3.63, 3.8) is 0 Å². The summed E-state index contributed by atoms with van der Waals surface area (Å²) in [6.45, 7) is 3.60. The Morgan fingerprint density at radius 1 is 0.967 bits per heavy atom. The molecular weight excluding hydrogens is 382 g/mol. The lowest BCUT2D eigenvalue weighted by atomic mass is 10.1. The van der Waals surface area contributed by atoms with Crippen molar-refractivity contribution in [3.05, 3.63) is 89.7 Å². The van der Waals surface area contributed by atoms with Crippen LogP contribution in [0.25, 0.3) is 0 Å². The van der Waals surface area contributed by atoms with Gasteiger partial charge in [-0.1, -0.05) is 30.3 Å². The first kappa shape index (κ1) is 20.9. The fourth-order valence-electron chi connectivity index (χ4n) is 2.84. The van der Waals surface area contributed by atoms with Crippen LogP contribution in [0.3, 0.4) is 0 Å². The fraction of sp³-hybridized carbons (Fsp3) is 0.174. The van der Waals surface area contributed by atoms with E-state index in [9.17, 15) is 14.7 Å². The first-order chi connectivity index (χ1) is 14.4. The zero-order valence-electron chi connectivity index (χ0n) is 16.7. The van der Waals surface area contributed by atoms with E-state index in [1.165, 1.54) is 6.07 Å². The molecule has 0 radical (unpaired) electrons. The number of nitrogens with one attached hydrogen (secondary N) is 2. The maximum Gasteiger partial charge on any atom is 0.408 e. The van der Waals surface area contributed by atoms with Crippen molar-refractivity contribution in [3.8, 4) is 5.75 Å². The third-order valence-corrected chi connectivity index (χ3v) is 4.60. The van der Waals surface area contributed by atoms with E-state index in [4.69, 9.17) is 4.74 Å². The number of carbonyl (C=O) groups excluding carboxylic acids is 2. The highest BCUT2D eigenvalue weighted by Gasteiger charge is 2.16. The molecule has 7 heteroatoms. The van der Waals surface area contributed by atoms with E-state index in [0.29, 0.717) is 11.3 Å². The number of phenolic OH excluding ortho intramolecular Hbond substituents is 1. The quantitative estimate of drug-likeness (QED) is 0.521. The van der Waals surface area contributed by atoms with E-state index in [-0.39, 0.29) is 17.7 Å². The summed E-state index contributed by atoms with van der Waals surface area (Å²) in [5, 5.41) is 15.2. The molecular formula is C23H23N3O4. The van der Waals surface area contributed by atoms with E-state index in [1.807, 2.05) is 13.0 Å². The van der Waals surface area contributed by atoms with Gasteiger partial charge in [0.05, 0.1) is 11.7 Å². The van der Waals surface area contributed by atoms with Crippen molar-refractivity contribution in [2.75, 3.05) is 5.32 Å². The van der Waals surface area contributed by atoms with E-state index in [0.717, 1.165) is 11.1 Å². The molecule has 2 atom stereocenters. The summed E-state index contributed by atoms with van der Waals surface area (Å²) in [6, 6.07) is 16.7. The van der Waals surface area contributed by atoms with Crippen molar-refractivity contribution in [1.29, 1.82) is 0 Å². The third-order valence-electron chi connectivity index (χ3n) is 4.60. The highest BCUT2D eigenvalue weighted by Crippen LogP contribution is 2.23. The molecule has 0 aliphatic rings. The predicted molar refractivity (Wildman–Crippen MR) is 113 cm³/mol. The van der Waals surface area contributed by atoms with Crippen molar-refractivity contribution in [2.45, 2.75) is 26.0 Å². The minimum Gasteiger partial charge on any atom is -0.506 e. The molecule has 0 spiro atoms. The normalized spacial score (nSPS) is 12.5. The summed E-state index contributed by atoms with van der Waals surface area (Å²) in [4.78, 5) is 28.6. The number of benzene rings is 2. The lowest BCUT2D eigenvalue weighted by Crippen LogP contribution is -2.28. The molecule has 0 bridgehead atoms. The lowest BCUT2D eigenvalue weighted by Gasteiger charge is -2.18. The molecule has 2 aromatic carbocycles. The van der Waals surface area contributed by atoms with Crippen LogP contribution in [0.5, 0.6) is 5.75 Å². The number of hydrogen-bond donors (Lipinski definition) is 3. The Labute approximate surface area is 174 Å². The van der Waals surface area contributed by atoms with Crippen LogP contribution in [0.1, 0.15) is 47.5 Å². The molecule has 3 aromatic rings. The Morgan fingerprint density at radius 2 is 1.70 bits per heavy atom. The van der Waals surface area contributed by atoms with Crippen LogP contribution in [-0.4, -0.2) is 22.1 Å². The van der Waals surface area contributed by atoms with Gasteiger partial charge in [-0.25, -0.2) is 4.79 Å². The van der Waals surface area contributed by atoms with E-state index >= 15 is 0 Å². The number of aromatic nitrogens is 1.